The van der Waals surface area contributed by atoms with Gasteiger partial charge in [-0.2, -0.15) is 13.2 Å². The molecule has 1 fully saturated rings. The summed E-state index contributed by atoms with van der Waals surface area (Å²) in [5.41, 5.74) is -0.591. The lowest BCUT2D eigenvalue weighted by Crippen LogP contribution is -2.50. The van der Waals surface area contributed by atoms with Crippen LogP contribution < -0.4 is 10.2 Å². The normalized spacial score (nSPS) is 16.3. The van der Waals surface area contributed by atoms with Gasteiger partial charge >= 0.3 is 12.1 Å². The number of anilines is 1. The quantitative estimate of drug-likeness (QED) is 0.684. The standard InChI is InChI=1S/C20H20F4N2O2S/c21-14-9-4-5-10-15(14)26(19(28)20(22,23)24)17(16-11-6-12-29-16)18(27)25-13-7-2-1-3-8-13/h4-6,9-13,17H,1-3,7-8H2,(H,25,27)/t17-/m1/s1. The number of rotatable bonds is 5. The molecule has 29 heavy (non-hydrogen) atoms. The van der Waals surface area contributed by atoms with E-state index in [2.05, 4.69) is 5.32 Å². The van der Waals surface area contributed by atoms with Gasteiger partial charge in [0.1, 0.15) is 5.82 Å². The minimum Gasteiger partial charge on any atom is -0.351 e. The average Bonchev–Trinajstić information content (AvgIpc) is 3.20. The van der Waals surface area contributed by atoms with Gasteiger partial charge in [-0.25, -0.2) is 4.39 Å². The lowest BCUT2D eigenvalue weighted by Gasteiger charge is -2.33. The summed E-state index contributed by atoms with van der Waals surface area (Å²) in [4.78, 5) is 25.8. The van der Waals surface area contributed by atoms with Crippen molar-refractivity contribution in [3.8, 4) is 0 Å². The smallest absolute Gasteiger partial charge is 0.351 e. The number of carbonyl (C=O) groups excluding carboxylic acids is 2. The Kier molecular flexibility index (Phi) is 6.56. The van der Waals surface area contributed by atoms with E-state index in [-0.39, 0.29) is 15.8 Å². The minimum absolute atomic E-state index is 0.179. The van der Waals surface area contributed by atoms with E-state index < -0.39 is 35.5 Å². The molecule has 1 heterocycles. The molecule has 0 unspecified atom stereocenters. The van der Waals surface area contributed by atoms with Crippen LogP contribution in [-0.4, -0.2) is 24.0 Å². The lowest BCUT2D eigenvalue weighted by molar-refractivity contribution is -0.171. The molecule has 3 rings (SSSR count). The Morgan fingerprint density at radius 2 is 1.76 bits per heavy atom. The van der Waals surface area contributed by atoms with Gasteiger partial charge in [0.2, 0.25) is 5.91 Å². The number of halogens is 4. The Balaban J connectivity index is 2.04. The molecule has 1 saturated carbocycles. The molecule has 2 aromatic rings. The van der Waals surface area contributed by atoms with Gasteiger partial charge in [-0.05, 0) is 36.4 Å². The number of para-hydroxylation sites is 1. The van der Waals surface area contributed by atoms with Gasteiger partial charge in [0.15, 0.2) is 6.04 Å². The molecular weight excluding hydrogens is 408 g/mol. The van der Waals surface area contributed by atoms with Gasteiger partial charge in [0.25, 0.3) is 0 Å². The van der Waals surface area contributed by atoms with Gasteiger partial charge in [-0.1, -0.05) is 37.5 Å². The molecule has 1 aliphatic rings. The molecule has 1 aromatic heterocycles. The summed E-state index contributed by atoms with van der Waals surface area (Å²) >= 11 is 1.03. The highest BCUT2D eigenvalue weighted by Crippen LogP contribution is 2.36. The van der Waals surface area contributed by atoms with E-state index in [4.69, 9.17) is 0 Å². The number of amides is 2. The minimum atomic E-state index is -5.27. The van der Waals surface area contributed by atoms with Crippen molar-refractivity contribution in [1.82, 2.24) is 5.32 Å². The summed E-state index contributed by atoms with van der Waals surface area (Å²) in [5.74, 6) is -4.06. The summed E-state index contributed by atoms with van der Waals surface area (Å²) in [6, 6.07) is 5.87. The molecule has 0 aliphatic heterocycles. The molecule has 0 radical (unpaired) electrons. The Morgan fingerprint density at radius 3 is 2.34 bits per heavy atom. The van der Waals surface area contributed by atoms with Crippen molar-refractivity contribution < 1.29 is 27.2 Å². The lowest BCUT2D eigenvalue weighted by atomic mass is 9.95. The van der Waals surface area contributed by atoms with Crippen molar-refractivity contribution >= 4 is 28.8 Å². The van der Waals surface area contributed by atoms with Gasteiger partial charge in [-0.3, -0.25) is 14.5 Å². The number of nitrogens with one attached hydrogen (secondary N) is 1. The molecular formula is C20H20F4N2O2S. The van der Waals surface area contributed by atoms with Crippen molar-refractivity contribution in [2.45, 2.75) is 50.4 Å². The molecule has 9 heteroatoms. The molecule has 0 bridgehead atoms. The van der Waals surface area contributed by atoms with E-state index in [1.165, 1.54) is 18.2 Å². The molecule has 4 nitrogen and oxygen atoms in total. The van der Waals surface area contributed by atoms with Crippen LogP contribution >= 0.6 is 11.3 Å². The van der Waals surface area contributed by atoms with Crippen LogP contribution in [0.3, 0.4) is 0 Å². The first-order chi connectivity index (χ1) is 13.8. The van der Waals surface area contributed by atoms with E-state index >= 15 is 0 Å². The van der Waals surface area contributed by atoms with Gasteiger partial charge in [-0.15, -0.1) is 11.3 Å². The number of benzene rings is 1. The summed E-state index contributed by atoms with van der Waals surface area (Å²) in [5, 5.41) is 4.36. The van der Waals surface area contributed by atoms with Crippen LogP contribution in [0.2, 0.25) is 0 Å². The van der Waals surface area contributed by atoms with Crippen LogP contribution in [0.5, 0.6) is 0 Å². The molecule has 156 valence electrons. The number of alkyl halides is 3. The van der Waals surface area contributed by atoms with Crippen molar-refractivity contribution in [2.24, 2.45) is 0 Å². The summed E-state index contributed by atoms with van der Waals surface area (Å²) < 4.78 is 54.6. The summed E-state index contributed by atoms with van der Waals surface area (Å²) in [7, 11) is 0. The number of hydrogen-bond acceptors (Lipinski definition) is 3. The van der Waals surface area contributed by atoms with Crippen molar-refractivity contribution in [3.05, 3.63) is 52.5 Å². The molecule has 0 saturated heterocycles. The highest BCUT2D eigenvalue weighted by Gasteiger charge is 2.48. The van der Waals surface area contributed by atoms with Crippen LogP contribution in [0.1, 0.15) is 43.0 Å². The van der Waals surface area contributed by atoms with Crippen LogP contribution in [-0.2, 0) is 9.59 Å². The van der Waals surface area contributed by atoms with Crippen molar-refractivity contribution in [1.29, 1.82) is 0 Å². The summed E-state index contributed by atoms with van der Waals surface area (Å²) in [6.07, 6.45) is -0.983. The first-order valence-corrected chi connectivity index (χ1v) is 10.2. The Morgan fingerprint density at radius 1 is 1.07 bits per heavy atom. The monoisotopic (exact) mass is 428 g/mol. The van der Waals surface area contributed by atoms with Crippen LogP contribution in [0, 0.1) is 5.82 Å². The van der Waals surface area contributed by atoms with Gasteiger partial charge in [0.05, 0.1) is 5.69 Å². The first kappa shape index (κ1) is 21.3. The van der Waals surface area contributed by atoms with Crippen LogP contribution in [0.4, 0.5) is 23.2 Å². The van der Waals surface area contributed by atoms with Crippen molar-refractivity contribution in [3.63, 3.8) is 0 Å². The number of thiophene rings is 1. The maximum absolute atomic E-state index is 14.4. The van der Waals surface area contributed by atoms with Gasteiger partial charge < -0.3 is 5.32 Å². The van der Waals surface area contributed by atoms with Gasteiger partial charge in [0, 0.05) is 10.9 Å². The molecule has 1 aromatic carbocycles. The largest absolute Gasteiger partial charge is 0.471 e. The van der Waals surface area contributed by atoms with E-state index in [1.54, 1.807) is 11.4 Å². The topological polar surface area (TPSA) is 49.4 Å². The summed E-state index contributed by atoms with van der Waals surface area (Å²) in [6.45, 7) is 0. The number of carbonyl (C=O) groups is 2. The number of nitrogens with zero attached hydrogens (tertiary/aromatic N) is 1. The van der Waals surface area contributed by atoms with Crippen LogP contribution in [0.25, 0.3) is 0 Å². The van der Waals surface area contributed by atoms with Crippen LogP contribution in [0.15, 0.2) is 41.8 Å². The zero-order chi connectivity index (χ0) is 21.0. The first-order valence-electron chi connectivity index (χ1n) is 9.27. The number of hydrogen-bond donors (Lipinski definition) is 1. The zero-order valence-corrected chi connectivity index (χ0v) is 16.2. The fraction of sp³-hybridized carbons (Fsp3) is 0.400. The van der Waals surface area contributed by atoms with E-state index in [0.29, 0.717) is 0 Å². The predicted molar refractivity (Wildman–Crippen MR) is 102 cm³/mol. The maximum atomic E-state index is 14.4. The predicted octanol–water partition coefficient (Wildman–Crippen LogP) is 4.97. The molecule has 2 amide bonds. The second-order valence-electron chi connectivity index (χ2n) is 6.89. The highest BCUT2D eigenvalue weighted by molar-refractivity contribution is 7.10. The Bertz CT molecular complexity index is 848. The molecule has 1 N–H and O–H groups in total. The third-order valence-corrected chi connectivity index (χ3v) is 5.77. The van der Waals surface area contributed by atoms with E-state index in [9.17, 15) is 27.2 Å². The second kappa shape index (κ2) is 8.94. The zero-order valence-electron chi connectivity index (χ0n) is 15.4. The molecule has 1 atom stereocenters. The fourth-order valence-electron chi connectivity index (χ4n) is 3.50. The van der Waals surface area contributed by atoms with E-state index in [1.807, 2.05) is 0 Å². The Labute approximate surface area is 169 Å². The SMILES string of the molecule is O=C(NC1CCCCC1)[C@@H](c1cccs1)N(C(=O)C(F)(F)F)c1ccccc1F. The highest BCUT2D eigenvalue weighted by atomic mass is 32.1. The second-order valence-corrected chi connectivity index (χ2v) is 7.87. The Hall–Kier alpha value is -2.42. The molecule has 1 aliphatic carbocycles. The third kappa shape index (κ3) is 4.95. The van der Waals surface area contributed by atoms with Crippen molar-refractivity contribution in [2.75, 3.05) is 4.90 Å². The third-order valence-electron chi connectivity index (χ3n) is 4.84. The average molecular weight is 428 g/mol. The fourth-order valence-corrected chi connectivity index (χ4v) is 4.31. The maximum Gasteiger partial charge on any atom is 0.471 e. The molecule has 0 spiro atoms. The van der Waals surface area contributed by atoms with E-state index in [0.717, 1.165) is 55.6 Å².